The van der Waals surface area contributed by atoms with Gasteiger partial charge < -0.3 is 4.18 Å². The van der Waals surface area contributed by atoms with Crippen molar-refractivity contribution in [2.45, 2.75) is 84.5 Å². The number of anilines is 1. The largest absolute Gasteiger partial charge is 0.385 e. The molecule has 4 heteroatoms. The maximum absolute atomic E-state index is 12.2. The zero-order chi connectivity index (χ0) is 20.7. The first-order chi connectivity index (χ1) is 14.2. The standard InChI is InChI=1S/C25H37NO2S/c1-3-4-5-6-7-8-9-10-11-12-16-23-18-20-24(21-19-23)28-29(27)26-25-17-14-13-15-22(25)2/h13-15,17-21,26H,3-12,16H2,1-2H3. The molecule has 0 radical (unpaired) electrons. The second-order valence-electron chi connectivity index (χ2n) is 7.81. The number of hydrogen-bond acceptors (Lipinski definition) is 2. The fourth-order valence-corrected chi connectivity index (χ4v) is 4.15. The van der Waals surface area contributed by atoms with Gasteiger partial charge in [0.05, 0.1) is 5.69 Å². The molecular formula is C25H37NO2S. The predicted molar refractivity (Wildman–Crippen MR) is 126 cm³/mol. The van der Waals surface area contributed by atoms with E-state index in [0.29, 0.717) is 5.75 Å². The molecule has 0 saturated carbocycles. The molecule has 0 spiro atoms. The van der Waals surface area contributed by atoms with Crippen LogP contribution >= 0.6 is 0 Å². The first-order valence-electron chi connectivity index (χ1n) is 11.2. The van der Waals surface area contributed by atoms with E-state index in [1.165, 1.54) is 69.8 Å². The van der Waals surface area contributed by atoms with Crippen molar-refractivity contribution in [2.24, 2.45) is 0 Å². The molecule has 0 heterocycles. The lowest BCUT2D eigenvalue weighted by Gasteiger charge is -2.09. The quantitative estimate of drug-likeness (QED) is 0.305. The number of nitrogens with one attached hydrogen (secondary N) is 1. The third-order valence-corrected chi connectivity index (χ3v) is 5.98. The van der Waals surface area contributed by atoms with Crippen LogP contribution in [-0.4, -0.2) is 4.21 Å². The maximum Gasteiger partial charge on any atom is 0.316 e. The topological polar surface area (TPSA) is 38.3 Å². The summed E-state index contributed by atoms with van der Waals surface area (Å²) in [6, 6.07) is 15.7. The minimum atomic E-state index is -1.60. The van der Waals surface area contributed by atoms with E-state index in [9.17, 15) is 4.21 Å². The molecule has 1 unspecified atom stereocenters. The monoisotopic (exact) mass is 415 g/mol. The lowest BCUT2D eigenvalue weighted by molar-refractivity contribution is 0.556. The molecule has 1 atom stereocenters. The van der Waals surface area contributed by atoms with E-state index < -0.39 is 11.3 Å². The Labute approximate surface area is 180 Å². The van der Waals surface area contributed by atoms with Crippen molar-refractivity contribution in [3.8, 4) is 5.75 Å². The smallest absolute Gasteiger partial charge is 0.316 e. The third-order valence-electron chi connectivity index (χ3n) is 5.25. The molecular weight excluding hydrogens is 378 g/mol. The van der Waals surface area contributed by atoms with Gasteiger partial charge in [0.15, 0.2) is 0 Å². The van der Waals surface area contributed by atoms with Gasteiger partial charge in [-0.2, -0.15) is 4.21 Å². The Morgan fingerprint density at radius 3 is 2.00 bits per heavy atom. The summed E-state index contributed by atoms with van der Waals surface area (Å²) in [7, 11) is 0. The highest BCUT2D eigenvalue weighted by atomic mass is 32.2. The second-order valence-corrected chi connectivity index (χ2v) is 8.65. The third kappa shape index (κ3) is 9.98. The lowest BCUT2D eigenvalue weighted by Crippen LogP contribution is -2.11. The lowest BCUT2D eigenvalue weighted by atomic mass is 10.0. The predicted octanol–water partition coefficient (Wildman–Crippen LogP) is 7.53. The fraction of sp³-hybridized carbons (Fsp3) is 0.520. The summed E-state index contributed by atoms with van der Waals surface area (Å²) in [4.78, 5) is 0. The molecule has 1 N–H and O–H groups in total. The number of hydrogen-bond donors (Lipinski definition) is 1. The molecule has 0 bridgehead atoms. The molecule has 0 fully saturated rings. The molecule has 2 aromatic rings. The first kappa shape index (κ1) is 23.5. The van der Waals surface area contributed by atoms with Crippen molar-refractivity contribution in [1.29, 1.82) is 0 Å². The molecule has 160 valence electrons. The van der Waals surface area contributed by atoms with Crippen LogP contribution in [0.1, 0.15) is 82.3 Å². The van der Waals surface area contributed by atoms with Crippen LogP contribution in [0.5, 0.6) is 5.75 Å². The van der Waals surface area contributed by atoms with Gasteiger partial charge in [0.2, 0.25) is 0 Å². The Kier molecular flexibility index (Phi) is 11.5. The van der Waals surface area contributed by atoms with Crippen LogP contribution in [0, 0.1) is 6.92 Å². The Bertz CT molecular complexity index is 715. The van der Waals surface area contributed by atoms with Crippen LogP contribution in [-0.2, 0) is 17.7 Å². The second kappa shape index (κ2) is 14.2. The summed E-state index contributed by atoms with van der Waals surface area (Å²) in [6.07, 6.45) is 14.7. The van der Waals surface area contributed by atoms with Gasteiger partial charge in [0.25, 0.3) is 0 Å². The average molecular weight is 416 g/mol. The van der Waals surface area contributed by atoms with E-state index >= 15 is 0 Å². The van der Waals surface area contributed by atoms with Crippen LogP contribution in [0.4, 0.5) is 5.69 Å². The highest BCUT2D eigenvalue weighted by Gasteiger charge is 2.05. The number of unbranched alkanes of at least 4 members (excludes halogenated alkanes) is 9. The molecule has 2 rings (SSSR count). The average Bonchev–Trinajstić information content (AvgIpc) is 2.72. The van der Waals surface area contributed by atoms with E-state index in [1.807, 2.05) is 43.3 Å². The van der Waals surface area contributed by atoms with Crippen LogP contribution < -0.4 is 8.91 Å². The van der Waals surface area contributed by atoms with Gasteiger partial charge in [-0.15, -0.1) is 0 Å². The van der Waals surface area contributed by atoms with E-state index in [-0.39, 0.29) is 0 Å². The molecule has 2 aromatic carbocycles. The summed E-state index contributed by atoms with van der Waals surface area (Å²) < 4.78 is 20.6. The van der Waals surface area contributed by atoms with E-state index in [2.05, 4.69) is 23.8 Å². The number of para-hydroxylation sites is 1. The molecule has 0 aliphatic heterocycles. The van der Waals surface area contributed by atoms with Gasteiger partial charge in [0.1, 0.15) is 5.75 Å². The summed E-state index contributed by atoms with van der Waals surface area (Å²) >= 11 is -1.60. The van der Waals surface area contributed by atoms with Gasteiger partial charge in [0, 0.05) is 0 Å². The summed E-state index contributed by atoms with van der Waals surface area (Å²) in [5.41, 5.74) is 3.18. The van der Waals surface area contributed by atoms with Crippen LogP contribution in [0.25, 0.3) is 0 Å². The zero-order valence-electron chi connectivity index (χ0n) is 18.1. The minimum Gasteiger partial charge on any atom is -0.385 e. The van der Waals surface area contributed by atoms with Crippen molar-refractivity contribution in [2.75, 3.05) is 4.72 Å². The van der Waals surface area contributed by atoms with Gasteiger partial charge >= 0.3 is 11.3 Å². The molecule has 0 saturated heterocycles. The van der Waals surface area contributed by atoms with Crippen LogP contribution in [0.3, 0.4) is 0 Å². The van der Waals surface area contributed by atoms with Gasteiger partial charge in [-0.05, 0) is 49.1 Å². The number of benzene rings is 2. The number of rotatable bonds is 15. The molecule has 29 heavy (non-hydrogen) atoms. The minimum absolute atomic E-state index is 0.622. The van der Waals surface area contributed by atoms with Crippen molar-refractivity contribution in [1.82, 2.24) is 0 Å². The van der Waals surface area contributed by atoms with Gasteiger partial charge in [-0.1, -0.05) is 95.0 Å². The first-order valence-corrected chi connectivity index (χ1v) is 12.3. The van der Waals surface area contributed by atoms with Crippen molar-refractivity contribution >= 4 is 17.0 Å². The van der Waals surface area contributed by atoms with Crippen LogP contribution in [0.15, 0.2) is 48.5 Å². The Morgan fingerprint density at radius 2 is 1.38 bits per heavy atom. The maximum atomic E-state index is 12.2. The Morgan fingerprint density at radius 1 is 0.793 bits per heavy atom. The van der Waals surface area contributed by atoms with E-state index in [0.717, 1.165) is 17.7 Å². The Balaban J connectivity index is 1.58. The van der Waals surface area contributed by atoms with Crippen molar-refractivity contribution in [3.05, 3.63) is 59.7 Å². The highest BCUT2D eigenvalue weighted by Crippen LogP contribution is 2.18. The van der Waals surface area contributed by atoms with Gasteiger partial charge in [-0.25, -0.2) is 0 Å². The molecule has 0 amide bonds. The fourth-order valence-electron chi connectivity index (χ4n) is 3.41. The van der Waals surface area contributed by atoms with Crippen molar-refractivity contribution in [3.63, 3.8) is 0 Å². The molecule has 3 nitrogen and oxygen atoms in total. The normalized spacial score (nSPS) is 11.9. The summed E-state index contributed by atoms with van der Waals surface area (Å²) in [5, 5.41) is 0. The summed E-state index contributed by atoms with van der Waals surface area (Å²) in [5.74, 6) is 0.622. The molecule has 0 aliphatic carbocycles. The zero-order valence-corrected chi connectivity index (χ0v) is 18.9. The van der Waals surface area contributed by atoms with E-state index in [4.69, 9.17) is 4.18 Å². The molecule has 0 aliphatic rings. The summed E-state index contributed by atoms with van der Waals surface area (Å²) in [6.45, 7) is 4.24. The Hall–Kier alpha value is -1.81. The highest BCUT2D eigenvalue weighted by molar-refractivity contribution is 7.82. The SMILES string of the molecule is CCCCCCCCCCCCc1ccc(OS(=O)Nc2ccccc2C)cc1. The van der Waals surface area contributed by atoms with Crippen LogP contribution in [0.2, 0.25) is 0 Å². The van der Waals surface area contributed by atoms with Gasteiger partial charge in [-0.3, -0.25) is 4.72 Å². The van der Waals surface area contributed by atoms with E-state index in [1.54, 1.807) is 0 Å². The number of aryl methyl sites for hydroxylation is 2. The molecule has 0 aromatic heterocycles. The van der Waals surface area contributed by atoms with Crippen molar-refractivity contribution < 1.29 is 8.39 Å².